The van der Waals surface area contributed by atoms with Crippen LogP contribution in [0.15, 0.2) is 12.3 Å². The van der Waals surface area contributed by atoms with E-state index in [2.05, 4.69) is 4.98 Å². The van der Waals surface area contributed by atoms with E-state index in [-0.39, 0.29) is 17.1 Å². The van der Waals surface area contributed by atoms with E-state index in [1.807, 2.05) is 0 Å². The van der Waals surface area contributed by atoms with E-state index in [1.165, 1.54) is 7.11 Å². The normalized spacial score (nSPS) is 9.50. The van der Waals surface area contributed by atoms with E-state index in [0.29, 0.717) is 0 Å². The van der Waals surface area contributed by atoms with Crippen molar-refractivity contribution < 1.29 is 14.5 Å². The van der Waals surface area contributed by atoms with Gasteiger partial charge in [-0.2, -0.15) is 0 Å². The number of nitro groups is 1. The van der Waals surface area contributed by atoms with Crippen molar-refractivity contribution in [3.05, 3.63) is 27.9 Å². The zero-order valence-electron chi connectivity index (χ0n) is 7.26. The van der Waals surface area contributed by atoms with Crippen LogP contribution in [0.3, 0.4) is 0 Å². The number of hydrogen-bond donors (Lipinski definition) is 1. The van der Waals surface area contributed by atoms with Gasteiger partial charge < -0.3 is 10.5 Å². The minimum absolute atomic E-state index is 0.0249. The summed E-state index contributed by atoms with van der Waals surface area (Å²) in [6.07, 6.45) is 0.991. The summed E-state index contributed by atoms with van der Waals surface area (Å²) in [7, 11) is 1.29. The highest BCUT2D eigenvalue weighted by molar-refractivity contribution is 5.95. The molecule has 1 amide bonds. The van der Waals surface area contributed by atoms with Gasteiger partial charge in [0.1, 0.15) is 11.8 Å². The van der Waals surface area contributed by atoms with E-state index in [4.69, 9.17) is 10.5 Å². The number of pyridine rings is 1. The van der Waals surface area contributed by atoms with Gasteiger partial charge in [0, 0.05) is 6.07 Å². The highest BCUT2D eigenvalue weighted by Crippen LogP contribution is 2.19. The fourth-order valence-corrected chi connectivity index (χ4v) is 0.880. The highest BCUT2D eigenvalue weighted by atomic mass is 16.6. The molecule has 1 rings (SSSR count). The zero-order valence-corrected chi connectivity index (χ0v) is 7.26. The highest BCUT2D eigenvalue weighted by Gasteiger charge is 2.16. The Balaban J connectivity index is 3.27. The van der Waals surface area contributed by atoms with Crippen LogP contribution in [0.1, 0.15) is 10.4 Å². The lowest BCUT2D eigenvalue weighted by molar-refractivity contribution is -0.385. The maximum absolute atomic E-state index is 10.8. The van der Waals surface area contributed by atoms with Crippen molar-refractivity contribution >= 4 is 11.6 Å². The molecular formula is C7H7N3O4. The molecule has 7 heteroatoms. The summed E-state index contributed by atoms with van der Waals surface area (Å²) in [6, 6.07) is 1.02. The average molecular weight is 197 g/mol. The predicted octanol–water partition coefficient (Wildman–Crippen LogP) is 0.0973. The van der Waals surface area contributed by atoms with Gasteiger partial charge in [-0.3, -0.25) is 14.9 Å². The van der Waals surface area contributed by atoms with Gasteiger partial charge in [0.2, 0.25) is 5.88 Å². The van der Waals surface area contributed by atoms with Crippen LogP contribution >= 0.6 is 0 Å². The van der Waals surface area contributed by atoms with Crippen LogP contribution < -0.4 is 10.5 Å². The van der Waals surface area contributed by atoms with Crippen molar-refractivity contribution in [1.82, 2.24) is 4.98 Å². The Kier molecular flexibility index (Phi) is 2.61. The Bertz CT molecular complexity index is 391. The number of amides is 1. The minimum Gasteiger partial charge on any atom is -0.480 e. The minimum atomic E-state index is -0.821. The number of methoxy groups -OCH3 is 1. The fraction of sp³-hybridized carbons (Fsp3) is 0.143. The molecule has 0 saturated heterocycles. The van der Waals surface area contributed by atoms with Gasteiger partial charge in [-0.25, -0.2) is 4.98 Å². The SMILES string of the molecule is COc1ncc([N+](=O)[O-])cc1C(N)=O. The molecule has 0 aliphatic heterocycles. The fourth-order valence-electron chi connectivity index (χ4n) is 0.880. The number of nitrogens with two attached hydrogens (primary N) is 1. The topological polar surface area (TPSA) is 108 Å². The van der Waals surface area contributed by atoms with Crippen LogP contribution in [0, 0.1) is 10.1 Å². The number of ether oxygens (including phenoxy) is 1. The third kappa shape index (κ3) is 1.76. The summed E-state index contributed by atoms with van der Waals surface area (Å²) in [5.41, 5.74) is 4.56. The van der Waals surface area contributed by atoms with Crippen molar-refractivity contribution in [2.75, 3.05) is 7.11 Å². The third-order valence-corrected chi connectivity index (χ3v) is 1.51. The van der Waals surface area contributed by atoms with Gasteiger partial charge in [0.15, 0.2) is 0 Å². The Morgan fingerprint density at radius 2 is 2.36 bits per heavy atom. The second-order valence-corrected chi connectivity index (χ2v) is 2.37. The summed E-state index contributed by atoms with van der Waals surface area (Å²) in [6.45, 7) is 0. The Labute approximate surface area is 78.6 Å². The molecule has 2 N–H and O–H groups in total. The van der Waals surface area contributed by atoms with Crippen LogP contribution in [0.2, 0.25) is 0 Å². The summed E-state index contributed by atoms with van der Waals surface area (Å²) in [5, 5.41) is 10.3. The van der Waals surface area contributed by atoms with E-state index >= 15 is 0 Å². The Morgan fingerprint density at radius 1 is 1.71 bits per heavy atom. The number of carbonyl (C=O) groups is 1. The van der Waals surface area contributed by atoms with Crippen LogP contribution in [0.4, 0.5) is 5.69 Å². The summed E-state index contributed by atoms with van der Waals surface area (Å²) >= 11 is 0. The molecular weight excluding hydrogens is 190 g/mol. The number of nitrogens with zero attached hydrogens (tertiary/aromatic N) is 2. The van der Waals surface area contributed by atoms with Gasteiger partial charge in [0.05, 0.1) is 12.0 Å². The molecule has 0 aliphatic carbocycles. The first kappa shape index (κ1) is 9.90. The Morgan fingerprint density at radius 3 is 2.79 bits per heavy atom. The third-order valence-electron chi connectivity index (χ3n) is 1.51. The number of rotatable bonds is 3. The number of hydrogen-bond acceptors (Lipinski definition) is 5. The first-order valence-electron chi connectivity index (χ1n) is 3.54. The summed E-state index contributed by atoms with van der Waals surface area (Å²) < 4.78 is 4.71. The van der Waals surface area contributed by atoms with Crippen LogP contribution in [-0.4, -0.2) is 22.9 Å². The lowest BCUT2D eigenvalue weighted by Crippen LogP contribution is -2.13. The Hall–Kier alpha value is -2.18. The van der Waals surface area contributed by atoms with E-state index in [9.17, 15) is 14.9 Å². The van der Waals surface area contributed by atoms with Gasteiger partial charge in [-0.1, -0.05) is 0 Å². The summed E-state index contributed by atoms with van der Waals surface area (Å²) in [4.78, 5) is 24.1. The maximum atomic E-state index is 10.8. The van der Waals surface area contributed by atoms with E-state index in [0.717, 1.165) is 12.3 Å². The van der Waals surface area contributed by atoms with Crippen molar-refractivity contribution in [3.63, 3.8) is 0 Å². The molecule has 0 aliphatic rings. The van der Waals surface area contributed by atoms with Crippen LogP contribution in [0.5, 0.6) is 5.88 Å². The first-order chi connectivity index (χ1) is 6.56. The average Bonchev–Trinajstić information content (AvgIpc) is 2.16. The van der Waals surface area contributed by atoms with Crippen LogP contribution in [0.25, 0.3) is 0 Å². The molecule has 0 saturated carbocycles. The lowest BCUT2D eigenvalue weighted by Gasteiger charge is -2.02. The largest absolute Gasteiger partial charge is 0.480 e. The van der Waals surface area contributed by atoms with Crippen molar-refractivity contribution in [3.8, 4) is 5.88 Å². The molecule has 74 valence electrons. The molecule has 0 atom stereocenters. The predicted molar refractivity (Wildman–Crippen MR) is 46.0 cm³/mol. The van der Waals surface area contributed by atoms with Gasteiger partial charge >= 0.3 is 0 Å². The molecule has 1 heterocycles. The maximum Gasteiger partial charge on any atom is 0.288 e. The molecule has 0 unspecified atom stereocenters. The molecule has 1 aromatic heterocycles. The zero-order chi connectivity index (χ0) is 10.7. The quantitative estimate of drug-likeness (QED) is 0.545. The number of primary amides is 1. The summed E-state index contributed by atoms with van der Waals surface area (Å²) in [5.74, 6) is -0.846. The van der Waals surface area contributed by atoms with Gasteiger partial charge in [-0.05, 0) is 0 Å². The lowest BCUT2D eigenvalue weighted by atomic mass is 10.2. The molecule has 0 radical (unpaired) electrons. The van der Waals surface area contributed by atoms with Gasteiger partial charge in [-0.15, -0.1) is 0 Å². The molecule has 14 heavy (non-hydrogen) atoms. The molecule has 7 nitrogen and oxygen atoms in total. The number of aromatic nitrogens is 1. The molecule has 0 bridgehead atoms. The van der Waals surface area contributed by atoms with E-state index < -0.39 is 10.8 Å². The smallest absolute Gasteiger partial charge is 0.288 e. The molecule has 1 aromatic rings. The van der Waals surface area contributed by atoms with Gasteiger partial charge in [0.25, 0.3) is 11.6 Å². The molecule has 0 spiro atoms. The van der Waals surface area contributed by atoms with Crippen molar-refractivity contribution in [2.24, 2.45) is 5.73 Å². The second kappa shape index (κ2) is 3.69. The first-order valence-corrected chi connectivity index (χ1v) is 3.54. The monoisotopic (exact) mass is 197 g/mol. The van der Waals surface area contributed by atoms with Crippen LogP contribution in [-0.2, 0) is 0 Å². The van der Waals surface area contributed by atoms with E-state index in [1.54, 1.807) is 0 Å². The van der Waals surface area contributed by atoms with Crippen molar-refractivity contribution in [2.45, 2.75) is 0 Å². The standard InChI is InChI=1S/C7H7N3O4/c1-14-7-5(6(8)11)2-4(3-9-7)10(12)13/h2-3H,1H3,(H2,8,11). The molecule has 0 fully saturated rings. The van der Waals surface area contributed by atoms with Crippen molar-refractivity contribution in [1.29, 1.82) is 0 Å². The second-order valence-electron chi connectivity index (χ2n) is 2.37. The number of carbonyl (C=O) groups excluding carboxylic acids is 1. The molecule has 0 aromatic carbocycles.